The molecule has 35 heavy (non-hydrogen) atoms. The standard InChI is InChI=1S/C24H23F3N2O6/c25-24(26,27)20(21(30)28-11-13-9-10-34-19(13)22(31)32)29-23(33)35-12-18-16-7-3-1-5-14(16)15-6-2-4-8-17(15)18/h1-8,13,18-20H,9-12H2,(H,28,30)(H,29,33)(H,31,32). The normalized spacial score (nSPS) is 20.0. The molecule has 3 unspecified atom stereocenters. The van der Waals surface area contributed by atoms with Crippen LogP contribution in [0.4, 0.5) is 18.0 Å². The van der Waals surface area contributed by atoms with Crippen molar-refractivity contribution in [2.75, 3.05) is 19.8 Å². The van der Waals surface area contributed by atoms with Crippen molar-refractivity contribution in [2.45, 2.75) is 30.7 Å². The van der Waals surface area contributed by atoms with Gasteiger partial charge < -0.3 is 25.2 Å². The van der Waals surface area contributed by atoms with Gasteiger partial charge in [-0.3, -0.25) is 4.79 Å². The zero-order valence-electron chi connectivity index (χ0n) is 18.4. The van der Waals surface area contributed by atoms with E-state index in [-0.39, 0.29) is 32.1 Å². The number of carbonyl (C=O) groups is 3. The third-order valence-corrected chi connectivity index (χ3v) is 6.19. The lowest BCUT2D eigenvalue weighted by molar-refractivity contribution is -0.168. The molecule has 0 bridgehead atoms. The number of amides is 2. The van der Waals surface area contributed by atoms with Crippen LogP contribution in [0.2, 0.25) is 0 Å². The highest BCUT2D eigenvalue weighted by Gasteiger charge is 2.47. The third-order valence-electron chi connectivity index (χ3n) is 6.19. The van der Waals surface area contributed by atoms with E-state index >= 15 is 0 Å². The van der Waals surface area contributed by atoms with E-state index in [1.54, 1.807) is 5.32 Å². The van der Waals surface area contributed by atoms with E-state index in [1.165, 1.54) is 0 Å². The predicted octanol–water partition coefficient (Wildman–Crippen LogP) is 3.06. The van der Waals surface area contributed by atoms with Crippen LogP contribution in [0.25, 0.3) is 11.1 Å². The van der Waals surface area contributed by atoms with Crippen LogP contribution in [-0.4, -0.2) is 61.2 Å². The van der Waals surface area contributed by atoms with Crippen molar-refractivity contribution in [2.24, 2.45) is 5.92 Å². The zero-order valence-corrected chi connectivity index (χ0v) is 18.4. The summed E-state index contributed by atoms with van der Waals surface area (Å²) in [5.74, 6) is -3.81. The van der Waals surface area contributed by atoms with Crippen molar-refractivity contribution in [3.8, 4) is 11.1 Å². The summed E-state index contributed by atoms with van der Waals surface area (Å²) < 4.78 is 50.7. The van der Waals surface area contributed by atoms with E-state index < -0.39 is 42.2 Å². The van der Waals surface area contributed by atoms with Crippen molar-refractivity contribution in [1.82, 2.24) is 10.6 Å². The molecule has 3 N–H and O–H groups in total. The number of nitrogens with one attached hydrogen (secondary N) is 2. The van der Waals surface area contributed by atoms with Crippen molar-refractivity contribution >= 4 is 18.0 Å². The Kier molecular flexibility index (Phi) is 6.97. The number of aliphatic carboxylic acids is 1. The number of hydrogen-bond donors (Lipinski definition) is 3. The van der Waals surface area contributed by atoms with Gasteiger partial charge >= 0.3 is 18.2 Å². The van der Waals surface area contributed by atoms with E-state index in [9.17, 15) is 27.6 Å². The summed E-state index contributed by atoms with van der Waals surface area (Å²) in [6, 6.07) is 12.1. The van der Waals surface area contributed by atoms with Gasteiger partial charge in [0.15, 0.2) is 6.10 Å². The molecule has 1 fully saturated rings. The fourth-order valence-corrected chi connectivity index (χ4v) is 4.50. The van der Waals surface area contributed by atoms with Crippen LogP contribution in [0.15, 0.2) is 48.5 Å². The Morgan fingerprint density at radius 3 is 2.23 bits per heavy atom. The quantitative estimate of drug-likeness (QED) is 0.548. The van der Waals surface area contributed by atoms with Crippen molar-refractivity contribution in [3.63, 3.8) is 0 Å². The number of fused-ring (bicyclic) bond motifs is 3. The maximum absolute atomic E-state index is 13.5. The Bertz CT molecular complexity index is 1080. The number of carboxylic acids is 1. The van der Waals surface area contributed by atoms with Gasteiger partial charge in [-0.05, 0) is 28.7 Å². The SMILES string of the molecule is O=C(NC(C(=O)NCC1CCOC1C(=O)O)C(F)(F)F)OCC1c2ccccc2-c2ccccc21. The molecule has 186 valence electrons. The molecule has 2 aliphatic rings. The van der Waals surface area contributed by atoms with Crippen LogP contribution in [0.1, 0.15) is 23.5 Å². The minimum Gasteiger partial charge on any atom is -0.479 e. The molecule has 11 heteroatoms. The first-order valence-electron chi connectivity index (χ1n) is 11.0. The number of benzene rings is 2. The van der Waals surface area contributed by atoms with Crippen molar-refractivity contribution < 1.29 is 42.1 Å². The van der Waals surface area contributed by atoms with E-state index in [1.807, 2.05) is 48.5 Å². The van der Waals surface area contributed by atoms with Crippen LogP contribution in [0.3, 0.4) is 0 Å². The molecule has 2 aromatic carbocycles. The van der Waals surface area contributed by atoms with Gasteiger partial charge in [-0.15, -0.1) is 0 Å². The maximum Gasteiger partial charge on any atom is 0.417 e. The average molecular weight is 492 g/mol. The number of carboxylic acid groups (broad SMARTS) is 1. The lowest BCUT2D eigenvalue weighted by atomic mass is 9.98. The minimum atomic E-state index is -5.09. The smallest absolute Gasteiger partial charge is 0.417 e. The molecular formula is C24H23F3N2O6. The van der Waals surface area contributed by atoms with Gasteiger partial charge in [-0.2, -0.15) is 13.2 Å². The summed E-state index contributed by atoms with van der Waals surface area (Å²) in [4.78, 5) is 35.7. The van der Waals surface area contributed by atoms with Gasteiger partial charge in [0.05, 0.1) is 0 Å². The highest BCUT2D eigenvalue weighted by atomic mass is 19.4. The minimum absolute atomic E-state index is 0.123. The predicted molar refractivity (Wildman–Crippen MR) is 117 cm³/mol. The maximum atomic E-state index is 13.5. The fourth-order valence-electron chi connectivity index (χ4n) is 4.50. The fraction of sp³-hybridized carbons (Fsp3) is 0.375. The largest absolute Gasteiger partial charge is 0.479 e. The number of ether oxygens (including phenoxy) is 2. The summed E-state index contributed by atoms with van der Waals surface area (Å²) in [6.07, 6.45) is -7.42. The van der Waals surface area contributed by atoms with Crippen LogP contribution < -0.4 is 10.6 Å². The highest BCUT2D eigenvalue weighted by molar-refractivity contribution is 5.86. The third kappa shape index (κ3) is 5.24. The number of rotatable bonds is 7. The van der Waals surface area contributed by atoms with Crippen molar-refractivity contribution in [3.05, 3.63) is 59.7 Å². The van der Waals surface area contributed by atoms with E-state index in [0.29, 0.717) is 0 Å². The Morgan fingerprint density at radius 2 is 1.66 bits per heavy atom. The highest BCUT2D eigenvalue weighted by Crippen LogP contribution is 2.44. The molecule has 1 aliphatic heterocycles. The lowest BCUT2D eigenvalue weighted by Gasteiger charge is -2.23. The molecule has 2 aromatic rings. The van der Waals surface area contributed by atoms with Gasteiger partial charge in [0, 0.05) is 25.0 Å². The Balaban J connectivity index is 1.38. The topological polar surface area (TPSA) is 114 Å². The number of halogens is 3. The molecular weight excluding hydrogens is 469 g/mol. The second-order valence-corrected chi connectivity index (χ2v) is 8.37. The summed E-state index contributed by atoms with van der Waals surface area (Å²) in [5.41, 5.74) is 3.69. The number of carbonyl (C=O) groups excluding carboxylic acids is 2. The van der Waals surface area contributed by atoms with Gasteiger partial charge in [-0.1, -0.05) is 48.5 Å². The molecule has 2 amide bonds. The molecule has 0 spiro atoms. The van der Waals surface area contributed by atoms with Crippen LogP contribution >= 0.6 is 0 Å². The van der Waals surface area contributed by atoms with Gasteiger partial charge in [0.25, 0.3) is 5.91 Å². The summed E-state index contributed by atoms with van der Waals surface area (Å²) >= 11 is 0. The van der Waals surface area contributed by atoms with Crippen LogP contribution in [0, 0.1) is 5.92 Å². The monoisotopic (exact) mass is 492 g/mol. The number of alkyl halides is 3. The first kappa shape index (κ1) is 24.5. The first-order valence-corrected chi connectivity index (χ1v) is 11.0. The van der Waals surface area contributed by atoms with Crippen molar-refractivity contribution in [1.29, 1.82) is 0 Å². The van der Waals surface area contributed by atoms with Crippen LogP contribution in [-0.2, 0) is 19.1 Å². The van der Waals surface area contributed by atoms with E-state index in [0.717, 1.165) is 22.3 Å². The van der Waals surface area contributed by atoms with Crippen LogP contribution in [0.5, 0.6) is 0 Å². The average Bonchev–Trinajstić information content (AvgIpc) is 3.42. The zero-order chi connectivity index (χ0) is 25.2. The number of hydrogen-bond acceptors (Lipinski definition) is 5. The summed E-state index contributed by atoms with van der Waals surface area (Å²) in [5, 5.41) is 12.8. The Labute approximate surface area is 198 Å². The Hall–Kier alpha value is -3.60. The number of alkyl carbamates (subject to hydrolysis) is 1. The van der Waals surface area contributed by atoms with Gasteiger partial charge in [-0.25, -0.2) is 9.59 Å². The summed E-state index contributed by atoms with van der Waals surface area (Å²) in [6.45, 7) is -0.432. The first-order chi connectivity index (χ1) is 16.7. The van der Waals surface area contributed by atoms with Gasteiger partial charge in [0.2, 0.25) is 6.04 Å². The van der Waals surface area contributed by atoms with Gasteiger partial charge in [0.1, 0.15) is 6.61 Å². The second kappa shape index (κ2) is 9.95. The molecule has 8 nitrogen and oxygen atoms in total. The molecule has 1 aliphatic carbocycles. The van der Waals surface area contributed by atoms with E-state index in [4.69, 9.17) is 14.6 Å². The summed E-state index contributed by atoms with van der Waals surface area (Å²) in [7, 11) is 0. The molecule has 4 rings (SSSR count). The van der Waals surface area contributed by atoms with E-state index in [2.05, 4.69) is 5.32 Å². The molecule has 0 aromatic heterocycles. The molecule has 0 radical (unpaired) electrons. The molecule has 0 saturated carbocycles. The second-order valence-electron chi connectivity index (χ2n) is 8.37. The Morgan fingerprint density at radius 1 is 1.06 bits per heavy atom. The molecule has 3 atom stereocenters. The lowest BCUT2D eigenvalue weighted by Crippen LogP contribution is -2.56. The molecule has 1 saturated heterocycles. The molecule has 1 heterocycles.